The van der Waals surface area contributed by atoms with E-state index in [-0.39, 0.29) is 0 Å². The van der Waals surface area contributed by atoms with Crippen molar-refractivity contribution >= 4 is 11.6 Å². The van der Waals surface area contributed by atoms with Crippen molar-refractivity contribution < 1.29 is 0 Å². The maximum atomic E-state index is 9.28. The highest BCUT2D eigenvalue weighted by atomic mass is 35.5. The van der Waals surface area contributed by atoms with Gasteiger partial charge in [0.2, 0.25) is 0 Å². The molecule has 0 radical (unpaired) electrons. The standard InChI is InChI=1S/C15H15ClN2/c1-3-13-7-11(2)18(15(13)9-17)10-12-5-4-6-14(16)8-12/h4-8H,3,10H2,1-2H3. The van der Waals surface area contributed by atoms with Crippen LogP contribution >= 0.6 is 11.6 Å². The summed E-state index contributed by atoms with van der Waals surface area (Å²) in [6, 6.07) is 12.1. The fourth-order valence-electron chi connectivity index (χ4n) is 2.17. The number of nitrogens with zero attached hydrogens (tertiary/aromatic N) is 2. The van der Waals surface area contributed by atoms with E-state index in [2.05, 4.69) is 19.1 Å². The number of aryl methyl sites for hydroxylation is 2. The van der Waals surface area contributed by atoms with Crippen LogP contribution in [0.4, 0.5) is 0 Å². The topological polar surface area (TPSA) is 28.7 Å². The predicted octanol–water partition coefficient (Wildman–Crippen LogP) is 3.93. The van der Waals surface area contributed by atoms with E-state index in [9.17, 15) is 5.26 Å². The smallest absolute Gasteiger partial charge is 0.123 e. The maximum Gasteiger partial charge on any atom is 0.123 e. The Morgan fingerprint density at radius 2 is 2.11 bits per heavy atom. The number of benzene rings is 1. The Hall–Kier alpha value is -1.72. The van der Waals surface area contributed by atoms with Crippen LogP contribution in [0.1, 0.15) is 29.4 Å². The highest BCUT2D eigenvalue weighted by Gasteiger charge is 2.11. The lowest BCUT2D eigenvalue weighted by Gasteiger charge is -2.08. The molecule has 0 saturated carbocycles. The molecule has 0 aliphatic heterocycles. The van der Waals surface area contributed by atoms with E-state index in [1.807, 2.05) is 35.8 Å². The first-order chi connectivity index (χ1) is 8.65. The van der Waals surface area contributed by atoms with Crippen LogP contribution in [0.15, 0.2) is 30.3 Å². The summed E-state index contributed by atoms with van der Waals surface area (Å²) < 4.78 is 2.05. The molecule has 92 valence electrons. The number of hydrogen-bond acceptors (Lipinski definition) is 1. The zero-order valence-corrected chi connectivity index (χ0v) is 11.3. The minimum atomic E-state index is 0.690. The molecule has 1 heterocycles. The second-order valence-corrected chi connectivity index (χ2v) is 4.78. The van der Waals surface area contributed by atoms with E-state index in [4.69, 9.17) is 11.6 Å². The van der Waals surface area contributed by atoms with Gasteiger partial charge in [-0.1, -0.05) is 30.7 Å². The first-order valence-corrected chi connectivity index (χ1v) is 6.37. The molecule has 0 saturated heterocycles. The Labute approximate surface area is 112 Å². The van der Waals surface area contributed by atoms with Crippen LogP contribution in [0.3, 0.4) is 0 Å². The Balaban J connectivity index is 2.40. The minimum Gasteiger partial charge on any atom is -0.332 e. The Bertz CT molecular complexity index is 605. The average Bonchev–Trinajstić information content (AvgIpc) is 2.66. The van der Waals surface area contributed by atoms with Crippen molar-refractivity contribution in [2.45, 2.75) is 26.8 Å². The molecule has 2 nitrogen and oxygen atoms in total. The summed E-state index contributed by atoms with van der Waals surface area (Å²) in [5.41, 5.74) is 4.09. The summed E-state index contributed by atoms with van der Waals surface area (Å²) in [7, 11) is 0. The number of hydrogen-bond donors (Lipinski definition) is 0. The second kappa shape index (κ2) is 5.29. The van der Waals surface area contributed by atoms with Gasteiger partial charge in [-0.2, -0.15) is 5.26 Å². The van der Waals surface area contributed by atoms with E-state index < -0.39 is 0 Å². The number of aromatic nitrogens is 1. The lowest BCUT2D eigenvalue weighted by Crippen LogP contribution is -2.04. The summed E-state index contributed by atoms with van der Waals surface area (Å²) in [6.45, 7) is 4.79. The van der Waals surface area contributed by atoms with Crippen molar-refractivity contribution in [2.24, 2.45) is 0 Å². The van der Waals surface area contributed by atoms with Crippen LogP contribution in [0.2, 0.25) is 5.02 Å². The largest absolute Gasteiger partial charge is 0.332 e. The van der Waals surface area contributed by atoms with E-state index >= 15 is 0 Å². The van der Waals surface area contributed by atoms with Gasteiger partial charge in [0.05, 0.1) is 0 Å². The molecule has 0 fully saturated rings. The van der Waals surface area contributed by atoms with Gasteiger partial charge in [-0.15, -0.1) is 0 Å². The van der Waals surface area contributed by atoms with Gasteiger partial charge >= 0.3 is 0 Å². The second-order valence-electron chi connectivity index (χ2n) is 4.34. The van der Waals surface area contributed by atoms with Gasteiger partial charge in [0.1, 0.15) is 11.8 Å². The summed E-state index contributed by atoms with van der Waals surface area (Å²) in [5, 5.41) is 10.0. The predicted molar refractivity (Wildman–Crippen MR) is 73.8 cm³/mol. The monoisotopic (exact) mass is 258 g/mol. The van der Waals surface area contributed by atoms with Crippen LogP contribution in [0.25, 0.3) is 0 Å². The molecular formula is C15H15ClN2. The molecule has 0 unspecified atom stereocenters. The molecule has 0 bridgehead atoms. The molecule has 0 spiro atoms. The third kappa shape index (κ3) is 2.42. The molecular weight excluding hydrogens is 244 g/mol. The molecule has 2 rings (SSSR count). The first-order valence-electron chi connectivity index (χ1n) is 5.99. The molecule has 0 aliphatic rings. The van der Waals surface area contributed by atoms with Gasteiger partial charge in [-0.05, 0) is 42.7 Å². The van der Waals surface area contributed by atoms with Crippen LogP contribution < -0.4 is 0 Å². The van der Waals surface area contributed by atoms with Crippen LogP contribution in [-0.2, 0) is 13.0 Å². The fraction of sp³-hybridized carbons (Fsp3) is 0.267. The molecule has 2 aromatic rings. The summed E-state index contributed by atoms with van der Waals surface area (Å²) in [5.74, 6) is 0. The number of nitriles is 1. The Kier molecular flexibility index (Phi) is 3.74. The summed E-state index contributed by atoms with van der Waals surface area (Å²) in [4.78, 5) is 0. The molecule has 0 atom stereocenters. The normalized spacial score (nSPS) is 10.3. The quantitative estimate of drug-likeness (QED) is 0.820. The van der Waals surface area contributed by atoms with E-state index in [1.165, 1.54) is 0 Å². The first kappa shape index (κ1) is 12.7. The third-order valence-electron chi connectivity index (χ3n) is 3.10. The van der Waals surface area contributed by atoms with Crippen LogP contribution in [0.5, 0.6) is 0 Å². The number of rotatable bonds is 3. The molecule has 1 aromatic heterocycles. The van der Waals surface area contributed by atoms with E-state index in [1.54, 1.807) is 0 Å². The van der Waals surface area contributed by atoms with Crippen molar-refractivity contribution in [1.29, 1.82) is 5.26 Å². The Morgan fingerprint density at radius 3 is 2.72 bits per heavy atom. The minimum absolute atomic E-state index is 0.690. The highest BCUT2D eigenvalue weighted by Crippen LogP contribution is 2.19. The van der Waals surface area contributed by atoms with Gasteiger partial charge in [0.25, 0.3) is 0 Å². The highest BCUT2D eigenvalue weighted by molar-refractivity contribution is 6.30. The van der Waals surface area contributed by atoms with E-state index in [0.29, 0.717) is 6.54 Å². The zero-order chi connectivity index (χ0) is 13.1. The molecule has 0 N–H and O–H groups in total. The van der Waals surface area contributed by atoms with Crippen molar-refractivity contribution in [3.63, 3.8) is 0 Å². The Morgan fingerprint density at radius 1 is 1.33 bits per heavy atom. The molecule has 18 heavy (non-hydrogen) atoms. The molecule has 3 heteroatoms. The maximum absolute atomic E-state index is 9.28. The SMILES string of the molecule is CCc1cc(C)n(Cc2cccc(Cl)c2)c1C#N. The summed E-state index contributed by atoms with van der Waals surface area (Å²) in [6.07, 6.45) is 0.881. The van der Waals surface area contributed by atoms with Crippen LogP contribution in [0, 0.1) is 18.3 Å². The van der Waals surface area contributed by atoms with E-state index in [0.717, 1.165) is 34.0 Å². The van der Waals surface area contributed by atoms with Gasteiger partial charge in [0.15, 0.2) is 0 Å². The van der Waals surface area contributed by atoms with Crippen molar-refractivity contribution in [3.05, 3.63) is 57.9 Å². The van der Waals surface area contributed by atoms with Gasteiger partial charge in [0, 0.05) is 17.3 Å². The molecule has 0 amide bonds. The van der Waals surface area contributed by atoms with Crippen molar-refractivity contribution in [1.82, 2.24) is 4.57 Å². The average molecular weight is 259 g/mol. The van der Waals surface area contributed by atoms with Crippen molar-refractivity contribution in [2.75, 3.05) is 0 Å². The fourth-order valence-corrected chi connectivity index (χ4v) is 2.38. The molecule has 1 aromatic carbocycles. The lowest BCUT2D eigenvalue weighted by molar-refractivity contribution is 0.761. The lowest BCUT2D eigenvalue weighted by atomic mass is 10.2. The third-order valence-corrected chi connectivity index (χ3v) is 3.33. The van der Waals surface area contributed by atoms with Gasteiger partial charge in [-0.25, -0.2) is 0 Å². The van der Waals surface area contributed by atoms with Crippen LogP contribution in [-0.4, -0.2) is 4.57 Å². The number of halogens is 1. The summed E-state index contributed by atoms with van der Waals surface area (Å²) >= 11 is 5.98. The van der Waals surface area contributed by atoms with Gasteiger partial charge < -0.3 is 4.57 Å². The zero-order valence-electron chi connectivity index (χ0n) is 10.6. The van der Waals surface area contributed by atoms with Crippen molar-refractivity contribution in [3.8, 4) is 6.07 Å². The van der Waals surface area contributed by atoms with Gasteiger partial charge in [-0.3, -0.25) is 0 Å². The molecule has 0 aliphatic carbocycles.